The average Bonchev–Trinajstić information content (AvgIpc) is 3.45. The van der Waals surface area contributed by atoms with Gasteiger partial charge < -0.3 is 27.0 Å². The Hall–Kier alpha value is -2.38. The Morgan fingerprint density at radius 3 is 2.68 bits per heavy atom. The number of quaternary nitrogens is 1. The molecule has 2 N–H and O–H groups in total. The van der Waals surface area contributed by atoms with E-state index in [9.17, 15) is 14.4 Å². The summed E-state index contributed by atoms with van der Waals surface area (Å²) in [6.07, 6.45) is 3.68. The number of carbonyl (C=O) groups is 3. The molecule has 3 aliphatic rings. The molecule has 3 fully saturated rings. The molecular formula is C23H28ClN3O4. The Morgan fingerprint density at radius 1 is 1.16 bits per heavy atom. The van der Waals surface area contributed by atoms with Gasteiger partial charge in [-0.1, -0.05) is 18.2 Å². The molecular weight excluding hydrogens is 418 g/mol. The van der Waals surface area contributed by atoms with Gasteiger partial charge in [0, 0.05) is 36.0 Å². The van der Waals surface area contributed by atoms with Crippen molar-refractivity contribution in [2.75, 3.05) is 27.2 Å². The number of esters is 1. The van der Waals surface area contributed by atoms with Crippen molar-refractivity contribution < 1.29 is 36.4 Å². The lowest BCUT2D eigenvalue weighted by Gasteiger charge is -2.28. The Balaban J connectivity index is 0.00000231. The molecule has 2 amide bonds. The number of H-pyrrole nitrogens is 1. The number of hydrogen-bond acceptors (Lipinski definition) is 4. The van der Waals surface area contributed by atoms with E-state index in [1.54, 1.807) is 6.20 Å². The molecule has 1 aliphatic heterocycles. The number of imide groups is 1. The number of aromatic amines is 1. The van der Waals surface area contributed by atoms with Crippen LogP contribution in [0.15, 0.2) is 30.5 Å². The largest absolute Gasteiger partial charge is 1.00 e. The van der Waals surface area contributed by atoms with Gasteiger partial charge in [-0.3, -0.25) is 14.5 Å². The van der Waals surface area contributed by atoms with Gasteiger partial charge in [-0.05, 0) is 24.8 Å². The number of aromatic nitrogens is 1. The summed E-state index contributed by atoms with van der Waals surface area (Å²) in [5, 5.41) is 0.838. The molecule has 0 spiro atoms. The number of likely N-dealkylation sites (tertiary alicyclic amines) is 1. The lowest BCUT2D eigenvalue weighted by molar-refractivity contribution is -0.858. The number of nitrogens with one attached hydrogen (secondary N) is 2. The minimum atomic E-state index is -0.357. The highest BCUT2D eigenvalue weighted by atomic mass is 35.5. The van der Waals surface area contributed by atoms with E-state index in [1.807, 2.05) is 24.3 Å². The van der Waals surface area contributed by atoms with Gasteiger partial charge in [0.2, 0.25) is 11.8 Å². The Bertz CT molecular complexity index is 1020. The van der Waals surface area contributed by atoms with E-state index in [2.05, 4.69) is 19.1 Å². The third-order valence-electron chi connectivity index (χ3n) is 7.17. The molecule has 166 valence electrons. The zero-order chi connectivity index (χ0) is 21.0. The average molecular weight is 446 g/mol. The van der Waals surface area contributed by atoms with Gasteiger partial charge in [0.1, 0.15) is 6.10 Å². The molecule has 3 unspecified atom stereocenters. The van der Waals surface area contributed by atoms with Crippen LogP contribution in [0, 0.1) is 23.7 Å². The summed E-state index contributed by atoms with van der Waals surface area (Å²) in [6.45, 7) is 1.42. The van der Waals surface area contributed by atoms with Gasteiger partial charge in [0.15, 0.2) is 0 Å². The standard InChI is InChI=1S/C23H27N3O4.ClH/c1-25(2)8-5-9-26-21(27)19-13-10-15(20(19)22(26)28)18(11-13)30-23(29)16-12-24-17-7-4-3-6-14(16)17;/h3-4,6-7,12-13,15,18-20,24H,5,8-11H2,1-2H3;1H/t13-,15-,18?,19?,20?;/m0./s1. The summed E-state index contributed by atoms with van der Waals surface area (Å²) < 4.78 is 5.89. The molecule has 1 saturated heterocycles. The van der Waals surface area contributed by atoms with Crippen LogP contribution < -0.4 is 17.3 Å². The molecule has 5 rings (SSSR count). The van der Waals surface area contributed by atoms with Crippen LogP contribution in [0.25, 0.3) is 10.9 Å². The highest BCUT2D eigenvalue weighted by Gasteiger charge is 2.64. The molecule has 2 saturated carbocycles. The van der Waals surface area contributed by atoms with Crippen molar-refractivity contribution in [1.29, 1.82) is 0 Å². The first kappa shape index (κ1) is 21.8. The molecule has 8 heteroatoms. The van der Waals surface area contributed by atoms with Gasteiger partial charge in [-0.25, -0.2) is 4.79 Å². The predicted molar refractivity (Wildman–Crippen MR) is 110 cm³/mol. The second kappa shape index (κ2) is 8.28. The van der Waals surface area contributed by atoms with Crippen molar-refractivity contribution in [2.24, 2.45) is 23.7 Å². The number of benzene rings is 1. The summed E-state index contributed by atoms with van der Waals surface area (Å²) in [5.41, 5.74) is 1.41. The zero-order valence-electron chi connectivity index (χ0n) is 17.8. The Morgan fingerprint density at radius 2 is 1.90 bits per heavy atom. The van der Waals surface area contributed by atoms with Gasteiger partial charge in [0.25, 0.3) is 0 Å². The number of fused-ring (bicyclic) bond motifs is 6. The van der Waals surface area contributed by atoms with Gasteiger partial charge in [-0.2, -0.15) is 0 Å². The maximum atomic E-state index is 13.1. The number of carbonyl (C=O) groups excluding carboxylic acids is 3. The zero-order valence-corrected chi connectivity index (χ0v) is 18.5. The number of rotatable bonds is 6. The smallest absolute Gasteiger partial charge is 0.340 e. The summed E-state index contributed by atoms with van der Waals surface area (Å²) in [4.78, 5) is 44.7. The molecule has 0 radical (unpaired) electrons. The normalized spacial score (nSPS) is 29.0. The van der Waals surface area contributed by atoms with Crippen molar-refractivity contribution in [2.45, 2.75) is 25.4 Å². The maximum Gasteiger partial charge on any atom is 0.340 e. The molecule has 1 aromatic heterocycles. The lowest BCUT2D eigenvalue weighted by Crippen LogP contribution is -3.05. The molecule has 5 atom stereocenters. The number of halogens is 1. The number of para-hydroxylation sites is 1. The molecule has 2 bridgehead atoms. The fourth-order valence-electron chi connectivity index (χ4n) is 5.85. The highest BCUT2D eigenvalue weighted by molar-refractivity contribution is 6.06. The summed E-state index contributed by atoms with van der Waals surface area (Å²) in [5.74, 6) is -0.853. The molecule has 2 aromatic rings. The third-order valence-corrected chi connectivity index (χ3v) is 7.17. The summed E-state index contributed by atoms with van der Waals surface area (Å²) in [6, 6.07) is 7.62. The van der Waals surface area contributed by atoms with E-state index in [4.69, 9.17) is 4.74 Å². The van der Waals surface area contributed by atoms with E-state index >= 15 is 0 Å². The van der Waals surface area contributed by atoms with Crippen molar-refractivity contribution in [3.63, 3.8) is 0 Å². The van der Waals surface area contributed by atoms with Crippen LogP contribution in [0.4, 0.5) is 0 Å². The lowest BCUT2D eigenvalue weighted by atomic mass is 9.79. The number of amides is 2. The Labute approximate surface area is 187 Å². The van der Waals surface area contributed by atoms with Gasteiger partial charge in [-0.15, -0.1) is 0 Å². The van der Waals surface area contributed by atoms with Crippen molar-refractivity contribution in [3.05, 3.63) is 36.0 Å². The first-order chi connectivity index (χ1) is 14.5. The minimum absolute atomic E-state index is 0. The second-order valence-electron chi connectivity index (χ2n) is 9.28. The van der Waals surface area contributed by atoms with E-state index < -0.39 is 0 Å². The van der Waals surface area contributed by atoms with Crippen LogP contribution in [0.2, 0.25) is 0 Å². The number of hydrogen-bond donors (Lipinski definition) is 2. The maximum absolute atomic E-state index is 13.1. The molecule has 7 nitrogen and oxygen atoms in total. The fraction of sp³-hybridized carbons (Fsp3) is 0.522. The van der Waals surface area contributed by atoms with Gasteiger partial charge in [0.05, 0.1) is 38.0 Å². The summed E-state index contributed by atoms with van der Waals surface area (Å²) in [7, 11) is 4.13. The van der Waals surface area contributed by atoms with Crippen LogP contribution in [0.5, 0.6) is 0 Å². The van der Waals surface area contributed by atoms with E-state index in [1.165, 1.54) is 9.80 Å². The van der Waals surface area contributed by atoms with Crippen molar-refractivity contribution >= 4 is 28.7 Å². The quantitative estimate of drug-likeness (QED) is 0.393. The summed E-state index contributed by atoms with van der Waals surface area (Å²) >= 11 is 0. The number of ether oxygens (including phenoxy) is 1. The molecule has 2 aliphatic carbocycles. The Kier molecular flexibility index (Phi) is 5.83. The van der Waals surface area contributed by atoms with Crippen LogP contribution in [0.1, 0.15) is 29.6 Å². The van der Waals surface area contributed by atoms with E-state index in [0.29, 0.717) is 18.5 Å². The van der Waals surface area contributed by atoms with Gasteiger partial charge >= 0.3 is 5.97 Å². The second-order valence-corrected chi connectivity index (χ2v) is 9.28. The first-order valence-corrected chi connectivity index (χ1v) is 10.9. The van der Waals surface area contributed by atoms with Crippen LogP contribution in [0.3, 0.4) is 0 Å². The van der Waals surface area contributed by atoms with Crippen LogP contribution in [-0.2, 0) is 14.3 Å². The predicted octanol–water partition coefficient (Wildman–Crippen LogP) is -2.13. The van der Waals surface area contributed by atoms with E-state index in [0.717, 1.165) is 30.3 Å². The first-order valence-electron chi connectivity index (χ1n) is 10.9. The monoisotopic (exact) mass is 445 g/mol. The topological polar surface area (TPSA) is 83.9 Å². The molecule has 1 aromatic carbocycles. The van der Waals surface area contributed by atoms with Crippen molar-refractivity contribution in [1.82, 2.24) is 9.88 Å². The van der Waals surface area contributed by atoms with Crippen LogP contribution >= 0.6 is 0 Å². The highest BCUT2D eigenvalue weighted by Crippen LogP contribution is 2.57. The number of nitrogens with zero attached hydrogens (tertiary/aromatic N) is 1. The SMILES string of the molecule is C[NH+](C)CCCN1C(=O)C2C(C1=O)[C@H]1C[C@H]2CC1OC(=O)c1c[nH]c2ccccc12.[Cl-]. The van der Waals surface area contributed by atoms with Crippen LogP contribution in [-0.4, -0.2) is 61.0 Å². The van der Waals surface area contributed by atoms with E-state index in [-0.39, 0.29) is 60.0 Å². The third kappa shape index (κ3) is 3.53. The molecule has 2 heterocycles. The van der Waals surface area contributed by atoms with Crippen molar-refractivity contribution in [3.8, 4) is 0 Å². The molecule has 31 heavy (non-hydrogen) atoms. The fourth-order valence-corrected chi connectivity index (χ4v) is 5.85. The minimum Gasteiger partial charge on any atom is -1.00 e.